The van der Waals surface area contributed by atoms with Gasteiger partial charge in [0.05, 0.1) is 0 Å². The minimum absolute atomic E-state index is 0.180. The van der Waals surface area contributed by atoms with Crippen molar-refractivity contribution >= 4 is 5.91 Å². The number of amides is 1. The normalized spacial score (nSPS) is 14.9. The first-order chi connectivity index (χ1) is 10.1. The second-order valence-electron chi connectivity index (χ2n) is 5.44. The van der Waals surface area contributed by atoms with Crippen LogP contribution in [-0.2, 0) is 0 Å². The highest BCUT2D eigenvalue weighted by Crippen LogP contribution is 2.35. The van der Waals surface area contributed by atoms with Crippen molar-refractivity contribution in [3.8, 4) is 0 Å². The summed E-state index contributed by atoms with van der Waals surface area (Å²) in [6.07, 6.45) is 3.74. The number of unbranched alkanes of at least 4 members (excludes halogenated alkanes) is 1. The number of nitrogens with two attached hydrogens (primary N) is 1. The van der Waals surface area contributed by atoms with Crippen LogP contribution in [0.5, 0.6) is 0 Å². The fraction of sp³-hybridized carbons (Fsp3) is 0.611. The van der Waals surface area contributed by atoms with Gasteiger partial charge in [0, 0.05) is 24.1 Å². The van der Waals surface area contributed by atoms with Crippen molar-refractivity contribution in [3.05, 3.63) is 35.9 Å². The Hall–Kier alpha value is -1.35. The molecule has 21 heavy (non-hydrogen) atoms. The molecule has 0 radical (unpaired) electrons. The summed E-state index contributed by atoms with van der Waals surface area (Å²) in [7, 11) is 1.50. The second-order valence-corrected chi connectivity index (χ2v) is 5.44. The fourth-order valence-corrected chi connectivity index (χ4v) is 2.54. The van der Waals surface area contributed by atoms with Crippen LogP contribution >= 0.6 is 0 Å². The van der Waals surface area contributed by atoms with Gasteiger partial charge < -0.3 is 10.6 Å². The largest absolute Gasteiger partial charge is 0.337 e. The standard InChI is InChI=1S/C15H21NO.C2H6.CH5N/c1-3-4-10-15(2)11-16(12-15)14(17)13-8-6-5-7-9-13;2*1-2/h5-9H,3-4,10-12H2,1-2H3;1-2H3;2H2,1H3. The van der Waals surface area contributed by atoms with Crippen LogP contribution in [0.25, 0.3) is 0 Å². The van der Waals surface area contributed by atoms with Gasteiger partial charge in [0.25, 0.3) is 5.91 Å². The Morgan fingerprint density at radius 2 is 1.71 bits per heavy atom. The number of likely N-dealkylation sites (tertiary alicyclic amines) is 1. The first-order valence-corrected chi connectivity index (χ1v) is 8.07. The van der Waals surface area contributed by atoms with Gasteiger partial charge in [-0.3, -0.25) is 4.79 Å². The van der Waals surface area contributed by atoms with Gasteiger partial charge in [0.1, 0.15) is 0 Å². The fourth-order valence-electron chi connectivity index (χ4n) is 2.54. The molecule has 0 bridgehead atoms. The van der Waals surface area contributed by atoms with E-state index in [0.29, 0.717) is 5.41 Å². The zero-order valence-electron chi connectivity index (χ0n) is 14.4. The summed E-state index contributed by atoms with van der Waals surface area (Å²) in [6.45, 7) is 10.3. The molecule has 1 amide bonds. The summed E-state index contributed by atoms with van der Waals surface area (Å²) in [6, 6.07) is 9.57. The van der Waals surface area contributed by atoms with E-state index in [1.807, 2.05) is 49.1 Å². The maximum Gasteiger partial charge on any atom is 0.253 e. The van der Waals surface area contributed by atoms with Crippen molar-refractivity contribution in [2.45, 2.75) is 47.0 Å². The molecule has 1 aromatic rings. The molecule has 3 nitrogen and oxygen atoms in total. The van der Waals surface area contributed by atoms with E-state index in [-0.39, 0.29) is 5.91 Å². The topological polar surface area (TPSA) is 46.3 Å². The Bertz CT molecular complexity index is 383. The molecule has 0 atom stereocenters. The summed E-state index contributed by atoms with van der Waals surface area (Å²) in [5.41, 5.74) is 5.67. The summed E-state index contributed by atoms with van der Waals surface area (Å²) >= 11 is 0. The predicted octanol–water partition coefficient (Wildman–Crippen LogP) is 3.94. The highest BCUT2D eigenvalue weighted by molar-refractivity contribution is 5.94. The maximum atomic E-state index is 12.1. The quantitative estimate of drug-likeness (QED) is 0.913. The third-order valence-electron chi connectivity index (χ3n) is 3.59. The molecule has 2 N–H and O–H groups in total. The third kappa shape index (κ3) is 5.88. The molecule has 0 aliphatic carbocycles. The molecule has 1 fully saturated rings. The lowest BCUT2D eigenvalue weighted by molar-refractivity contribution is 0.00999. The number of nitrogens with zero attached hydrogens (tertiary/aromatic N) is 1. The zero-order valence-corrected chi connectivity index (χ0v) is 14.4. The molecule has 0 unspecified atom stereocenters. The monoisotopic (exact) mass is 292 g/mol. The van der Waals surface area contributed by atoms with Crippen LogP contribution < -0.4 is 5.73 Å². The van der Waals surface area contributed by atoms with Crippen LogP contribution in [0.15, 0.2) is 30.3 Å². The lowest BCUT2D eigenvalue weighted by Crippen LogP contribution is -2.56. The molecule has 1 saturated heterocycles. The Balaban J connectivity index is 0.000000921. The Labute approximate surface area is 130 Å². The Morgan fingerprint density at radius 3 is 2.19 bits per heavy atom. The summed E-state index contributed by atoms with van der Waals surface area (Å²) < 4.78 is 0. The first-order valence-electron chi connectivity index (χ1n) is 8.07. The van der Waals surface area contributed by atoms with Gasteiger partial charge >= 0.3 is 0 Å². The van der Waals surface area contributed by atoms with Gasteiger partial charge in [-0.15, -0.1) is 0 Å². The third-order valence-corrected chi connectivity index (χ3v) is 3.59. The lowest BCUT2D eigenvalue weighted by atomic mass is 9.77. The highest BCUT2D eigenvalue weighted by atomic mass is 16.2. The zero-order chi connectivity index (χ0) is 16.3. The summed E-state index contributed by atoms with van der Waals surface area (Å²) in [5, 5.41) is 0. The number of rotatable bonds is 4. The molecule has 3 heteroatoms. The molecule has 1 aromatic carbocycles. The maximum absolute atomic E-state index is 12.1. The van der Waals surface area contributed by atoms with E-state index in [1.54, 1.807) is 0 Å². The van der Waals surface area contributed by atoms with Gasteiger partial charge in [0.15, 0.2) is 0 Å². The van der Waals surface area contributed by atoms with E-state index in [9.17, 15) is 4.79 Å². The first kappa shape index (κ1) is 19.7. The van der Waals surface area contributed by atoms with Crippen molar-refractivity contribution in [3.63, 3.8) is 0 Å². The molecular weight excluding hydrogens is 260 g/mol. The molecule has 1 heterocycles. The predicted molar refractivity (Wildman–Crippen MR) is 91.4 cm³/mol. The molecule has 1 aliphatic rings. The Morgan fingerprint density at radius 1 is 1.19 bits per heavy atom. The van der Waals surface area contributed by atoms with Crippen molar-refractivity contribution in [2.75, 3.05) is 20.1 Å². The van der Waals surface area contributed by atoms with Crippen LogP contribution in [0.4, 0.5) is 0 Å². The second kappa shape index (κ2) is 10.4. The van der Waals surface area contributed by atoms with E-state index >= 15 is 0 Å². The molecule has 1 aliphatic heterocycles. The SMILES string of the molecule is CC.CCCCC1(C)CN(C(=O)c2ccccc2)C1.CN. The number of hydrogen-bond acceptors (Lipinski definition) is 2. The van der Waals surface area contributed by atoms with Crippen molar-refractivity contribution in [1.29, 1.82) is 0 Å². The molecule has 120 valence electrons. The number of hydrogen-bond donors (Lipinski definition) is 1. The van der Waals surface area contributed by atoms with Crippen LogP contribution in [-0.4, -0.2) is 30.9 Å². The smallest absolute Gasteiger partial charge is 0.253 e. The van der Waals surface area contributed by atoms with Crippen molar-refractivity contribution < 1.29 is 4.79 Å². The number of carbonyl (C=O) groups excluding carboxylic acids is 1. The van der Waals surface area contributed by atoms with E-state index in [4.69, 9.17) is 0 Å². The van der Waals surface area contributed by atoms with E-state index in [2.05, 4.69) is 19.6 Å². The van der Waals surface area contributed by atoms with E-state index in [1.165, 1.54) is 26.3 Å². The van der Waals surface area contributed by atoms with Crippen LogP contribution in [0.2, 0.25) is 0 Å². The summed E-state index contributed by atoms with van der Waals surface area (Å²) in [4.78, 5) is 14.1. The minimum Gasteiger partial charge on any atom is -0.337 e. The molecular formula is C18H32N2O. The molecule has 0 spiro atoms. The van der Waals surface area contributed by atoms with Crippen LogP contribution in [0.3, 0.4) is 0 Å². The number of carbonyl (C=O) groups is 1. The van der Waals surface area contributed by atoms with Gasteiger partial charge in [-0.05, 0) is 25.6 Å². The lowest BCUT2D eigenvalue weighted by Gasteiger charge is -2.48. The average Bonchev–Trinajstić information content (AvgIpc) is 2.54. The minimum atomic E-state index is 0.180. The van der Waals surface area contributed by atoms with Crippen LogP contribution in [0.1, 0.15) is 57.3 Å². The highest BCUT2D eigenvalue weighted by Gasteiger charge is 2.40. The average molecular weight is 292 g/mol. The van der Waals surface area contributed by atoms with Gasteiger partial charge in [-0.2, -0.15) is 0 Å². The van der Waals surface area contributed by atoms with E-state index < -0.39 is 0 Å². The molecule has 0 aromatic heterocycles. The van der Waals surface area contributed by atoms with Gasteiger partial charge in [-0.1, -0.05) is 58.7 Å². The molecule has 0 saturated carbocycles. The Kier molecular flexibility index (Phi) is 9.72. The van der Waals surface area contributed by atoms with Gasteiger partial charge in [-0.25, -0.2) is 0 Å². The van der Waals surface area contributed by atoms with Gasteiger partial charge in [0.2, 0.25) is 0 Å². The number of benzene rings is 1. The molecule has 2 rings (SSSR count). The summed E-state index contributed by atoms with van der Waals surface area (Å²) in [5.74, 6) is 0.180. The van der Waals surface area contributed by atoms with Crippen molar-refractivity contribution in [1.82, 2.24) is 4.90 Å². The van der Waals surface area contributed by atoms with Crippen LogP contribution in [0, 0.1) is 5.41 Å². The van der Waals surface area contributed by atoms with E-state index in [0.717, 1.165) is 18.7 Å². The van der Waals surface area contributed by atoms with Crippen molar-refractivity contribution in [2.24, 2.45) is 11.1 Å².